The number of hydrogen-bond acceptors (Lipinski definition) is 15. The van der Waals surface area contributed by atoms with Gasteiger partial charge in [-0.15, -0.1) is 0 Å². The van der Waals surface area contributed by atoms with Crippen LogP contribution in [-0.2, 0) is 65.4 Å². The van der Waals surface area contributed by atoms with Crippen LogP contribution in [0.3, 0.4) is 0 Å². The molecular formula is C85H148O17P2. The molecule has 2 unspecified atom stereocenters. The first-order valence-electron chi connectivity index (χ1n) is 41.1. The van der Waals surface area contributed by atoms with Crippen molar-refractivity contribution in [1.29, 1.82) is 0 Å². The fourth-order valence-electron chi connectivity index (χ4n) is 10.9. The summed E-state index contributed by atoms with van der Waals surface area (Å²) in [5.41, 5.74) is 0. The number of ether oxygens (including phenoxy) is 4. The third-order valence-corrected chi connectivity index (χ3v) is 19.1. The molecule has 19 heteroatoms. The number of esters is 4. The number of aliphatic hydroxyl groups is 1. The molecule has 600 valence electrons. The number of phosphoric acid groups is 2. The quantitative estimate of drug-likeness (QED) is 0.0169. The molecule has 3 N–H and O–H groups in total. The molecule has 0 saturated carbocycles. The second-order valence-corrected chi connectivity index (χ2v) is 30.2. The van der Waals surface area contributed by atoms with Crippen molar-refractivity contribution < 1.29 is 80.2 Å². The lowest BCUT2D eigenvalue weighted by molar-refractivity contribution is -0.161. The Morgan fingerprint density at radius 2 is 0.519 bits per heavy atom. The lowest BCUT2D eigenvalue weighted by Crippen LogP contribution is -2.30. The molecule has 0 bridgehead atoms. The van der Waals surface area contributed by atoms with E-state index < -0.39 is 97.5 Å². The highest BCUT2D eigenvalue weighted by Crippen LogP contribution is 2.45. The molecule has 0 radical (unpaired) electrons. The van der Waals surface area contributed by atoms with Crippen LogP contribution in [-0.4, -0.2) is 96.7 Å². The van der Waals surface area contributed by atoms with E-state index in [1.165, 1.54) is 103 Å². The minimum atomic E-state index is -5.00. The Kier molecular flexibility index (Phi) is 73.7. The first-order chi connectivity index (χ1) is 50.7. The zero-order valence-electron chi connectivity index (χ0n) is 65.7. The third-order valence-electron chi connectivity index (χ3n) is 17.2. The highest BCUT2D eigenvalue weighted by Gasteiger charge is 2.30. The van der Waals surface area contributed by atoms with Gasteiger partial charge in [0.05, 0.1) is 26.4 Å². The van der Waals surface area contributed by atoms with Crippen molar-refractivity contribution in [2.75, 3.05) is 39.6 Å². The van der Waals surface area contributed by atoms with Crippen LogP contribution >= 0.6 is 15.6 Å². The van der Waals surface area contributed by atoms with Crippen molar-refractivity contribution in [2.24, 2.45) is 0 Å². The molecule has 0 aromatic carbocycles. The lowest BCUT2D eigenvalue weighted by Gasteiger charge is -2.21. The smallest absolute Gasteiger partial charge is 0.462 e. The van der Waals surface area contributed by atoms with Crippen LogP contribution in [0.15, 0.2) is 109 Å². The molecule has 0 rings (SSSR count). The third kappa shape index (κ3) is 75.9. The maximum absolute atomic E-state index is 13.1. The number of carbonyl (C=O) groups excluding carboxylic acids is 4. The zero-order chi connectivity index (χ0) is 76.0. The second kappa shape index (κ2) is 76.9. The van der Waals surface area contributed by atoms with Crippen LogP contribution in [0.25, 0.3) is 0 Å². The van der Waals surface area contributed by atoms with E-state index in [2.05, 4.69) is 119 Å². The van der Waals surface area contributed by atoms with E-state index in [0.29, 0.717) is 32.1 Å². The average molecular weight is 1500 g/mol. The molecule has 0 aromatic rings. The fraction of sp³-hybridized carbons (Fsp3) is 0.741. The van der Waals surface area contributed by atoms with Gasteiger partial charge >= 0.3 is 39.5 Å². The predicted octanol–water partition coefficient (Wildman–Crippen LogP) is 24.1. The first-order valence-corrected chi connectivity index (χ1v) is 44.1. The summed E-state index contributed by atoms with van der Waals surface area (Å²) in [6.07, 6.45) is 83.6. The van der Waals surface area contributed by atoms with Crippen molar-refractivity contribution in [2.45, 2.75) is 367 Å². The Morgan fingerprint density at radius 1 is 0.279 bits per heavy atom. The number of carbonyl (C=O) groups is 4. The Balaban J connectivity index is 5.43. The maximum atomic E-state index is 13.1. The Hall–Kier alpha value is -4.28. The molecule has 17 nitrogen and oxygen atoms in total. The summed E-state index contributed by atoms with van der Waals surface area (Å²) in [7, 11) is -9.98. The van der Waals surface area contributed by atoms with Gasteiger partial charge in [0.15, 0.2) is 12.2 Å². The van der Waals surface area contributed by atoms with Crippen LogP contribution in [0.2, 0.25) is 0 Å². The molecule has 0 heterocycles. The van der Waals surface area contributed by atoms with E-state index in [1.54, 1.807) is 0 Å². The van der Waals surface area contributed by atoms with E-state index in [4.69, 9.17) is 37.0 Å². The van der Waals surface area contributed by atoms with Crippen molar-refractivity contribution in [3.63, 3.8) is 0 Å². The van der Waals surface area contributed by atoms with Crippen molar-refractivity contribution in [1.82, 2.24) is 0 Å². The average Bonchev–Trinajstić information content (AvgIpc) is 0.918. The van der Waals surface area contributed by atoms with Gasteiger partial charge in [0.25, 0.3) is 0 Å². The van der Waals surface area contributed by atoms with Gasteiger partial charge in [-0.2, -0.15) is 0 Å². The van der Waals surface area contributed by atoms with Crippen LogP contribution < -0.4 is 0 Å². The van der Waals surface area contributed by atoms with Gasteiger partial charge in [0.2, 0.25) is 0 Å². The van der Waals surface area contributed by atoms with Gasteiger partial charge in [-0.25, -0.2) is 9.13 Å². The lowest BCUT2D eigenvalue weighted by atomic mass is 10.1. The van der Waals surface area contributed by atoms with E-state index in [9.17, 15) is 43.2 Å². The van der Waals surface area contributed by atoms with Gasteiger partial charge in [0.1, 0.15) is 19.3 Å². The Bertz CT molecular complexity index is 2390. The highest BCUT2D eigenvalue weighted by molar-refractivity contribution is 7.47. The monoisotopic (exact) mass is 1500 g/mol. The topological polar surface area (TPSA) is 237 Å². The molecular weight excluding hydrogens is 1350 g/mol. The standard InChI is InChI=1S/C85H148O17P2/c1-5-9-13-17-21-25-29-33-37-38-39-40-44-46-50-54-58-62-66-70-83(88)96-76-81(102-85(90)72-68-64-60-56-52-48-43-36-32-28-24-20-16-12-8-4)78-100-104(93,94)98-74-79(86)73-97-103(91,92)99-77-80(101-84(89)71-67-63-59-55-51-47-42-35-31-27-23-19-15-11-7-3)75-95-82(87)69-65-61-57-53-49-45-41-34-30-26-22-18-14-10-6-2/h9,13,21,25,27,31,33-34,36-37,39-41,43,46,50,58,62,79-81,86H,5-8,10-12,14-20,22-24,26,28-30,32,35,38,42,44-45,47-49,51-57,59-61,63-78H2,1-4H3,(H,91,92)(H,93,94)/b13-9-,25-21-,31-27-,37-33-,40-39-,41-34-,43-36-,50-46-,62-58-/t79-,80+,81+/m0/s1. The van der Waals surface area contributed by atoms with E-state index in [0.717, 1.165) is 161 Å². The summed E-state index contributed by atoms with van der Waals surface area (Å²) in [4.78, 5) is 73.0. The molecule has 0 amide bonds. The summed E-state index contributed by atoms with van der Waals surface area (Å²) < 4.78 is 68.6. The number of rotatable bonds is 77. The Labute approximate surface area is 632 Å². The minimum absolute atomic E-state index is 0.0340. The Morgan fingerprint density at radius 3 is 0.837 bits per heavy atom. The summed E-state index contributed by atoms with van der Waals surface area (Å²) in [5.74, 6) is -2.28. The normalized spacial score (nSPS) is 14.4. The maximum Gasteiger partial charge on any atom is 0.472 e. The summed E-state index contributed by atoms with van der Waals surface area (Å²) >= 11 is 0. The van der Waals surface area contributed by atoms with Gasteiger partial charge in [0, 0.05) is 25.7 Å². The summed E-state index contributed by atoms with van der Waals surface area (Å²) in [5, 5.41) is 10.6. The van der Waals surface area contributed by atoms with Crippen molar-refractivity contribution >= 4 is 39.5 Å². The van der Waals surface area contributed by atoms with E-state index >= 15 is 0 Å². The van der Waals surface area contributed by atoms with Crippen molar-refractivity contribution in [3.05, 3.63) is 109 Å². The van der Waals surface area contributed by atoms with Crippen LogP contribution in [0.1, 0.15) is 349 Å². The zero-order valence-corrected chi connectivity index (χ0v) is 67.5. The molecule has 0 aliphatic heterocycles. The molecule has 0 aromatic heterocycles. The molecule has 5 atom stereocenters. The molecule has 0 fully saturated rings. The second-order valence-electron chi connectivity index (χ2n) is 27.3. The minimum Gasteiger partial charge on any atom is -0.462 e. The number of aliphatic hydroxyl groups excluding tert-OH is 1. The fourth-order valence-corrected chi connectivity index (χ4v) is 12.5. The van der Waals surface area contributed by atoms with Crippen LogP contribution in [0, 0.1) is 0 Å². The van der Waals surface area contributed by atoms with E-state index in [1.807, 2.05) is 18.2 Å². The van der Waals surface area contributed by atoms with Gasteiger partial charge in [-0.1, -0.05) is 291 Å². The summed E-state index contributed by atoms with van der Waals surface area (Å²) in [6, 6.07) is 0. The van der Waals surface area contributed by atoms with Crippen LogP contribution in [0.4, 0.5) is 0 Å². The number of unbranched alkanes of at least 4 members (excludes halogenated alkanes) is 33. The number of phosphoric ester groups is 2. The largest absolute Gasteiger partial charge is 0.472 e. The molecule has 0 saturated heterocycles. The molecule has 0 spiro atoms. The van der Waals surface area contributed by atoms with Gasteiger partial charge in [-0.3, -0.25) is 37.3 Å². The van der Waals surface area contributed by atoms with Crippen LogP contribution in [0.5, 0.6) is 0 Å². The van der Waals surface area contributed by atoms with Gasteiger partial charge in [-0.05, 0) is 141 Å². The SMILES string of the molecule is CC/C=C\C/C=C\C/C=C\C/C=C\C/C=C\C/C=C\CCC(=O)OC[C@H](COP(=O)(O)OC[C@@H](O)COP(=O)(O)OC[C@@H](COC(=O)CCCCCCC/C=C\CCCCCCCC)OC(=O)CCCCCCCCC/C=C\CCCCCC)OC(=O)CCCCCCC/C=C\CCCCCCCC. The number of allylic oxidation sites excluding steroid dienone is 18. The van der Waals surface area contributed by atoms with Gasteiger partial charge < -0.3 is 33.8 Å². The molecule has 104 heavy (non-hydrogen) atoms. The predicted molar refractivity (Wildman–Crippen MR) is 427 cm³/mol. The molecule has 0 aliphatic rings. The highest BCUT2D eigenvalue weighted by atomic mass is 31.2. The van der Waals surface area contributed by atoms with Crippen molar-refractivity contribution in [3.8, 4) is 0 Å². The first kappa shape index (κ1) is 99.7. The summed E-state index contributed by atoms with van der Waals surface area (Å²) in [6.45, 7) is 4.67. The number of hydrogen-bond donors (Lipinski definition) is 3. The van der Waals surface area contributed by atoms with E-state index in [-0.39, 0.29) is 25.7 Å². The molecule has 0 aliphatic carbocycles.